The standard InChI is InChI=1S/C19H21ClN4O2.2ClH/c20-16-10-13(23-18(25)9-12-3-1-5-17(12)21)6-7-15(16)19(26)24-14-4-2-8-22-11-14;;/h2,4,6-8,10-12,17H,1,3,5,9,21H2,(H,23,25)(H,24,26);2*1H/t12-,17+;;/m0../s1. The van der Waals surface area contributed by atoms with Gasteiger partial charge in [0.15, 0.2) is 0 Å². The molecule has 4 N–H and O–H groups in total. The quantitative estimate of drug-likeness (QED) is 0.639. The number of benzene rings is 1. The fraction of sp³-hybridized carbons (Fsp3) is 0.316. The van der Waals surface area contributed by atoms with E-state index in [9.17, 15) is 9.59 Å². The Hall–Kier alpha value is -1.86. The molecule has 0 aliphatic heterocycles. The van der Waals surface area contributed by atoms with Gasteiger partial charge in [-0.25, -0.2) is 0 Å². The summed E-state index contributed by atoms with van der Waals surface area (Å²) in [6, 6.07) is 8.39. The smallest absolute Gasteiger partial charge is 0.257 e. The van der Waals surface area contributed by atoms with Crippen LogP contribution in [0.2, 0.25) is 5.02 Å². The first kappa shape index (κ1) is 24.2. The van der Waals surface area contributed by atoms with Crippen LogP contribution in [0, 0.1) is 5.92 Å². The van der Waals surface area contributed by atoms with Crippen molar-refractivity contribution >= 4 is 59.6 Å². The van der Waals surface area contributed by atoms with Crippen LogP contribution in [0.15, 0.2) is 42.7 Å². The zero-order chi connectivity index (χ0) is 18.5. The molecular weight excluding hydrogens is 423 g/mol. The van der Waals surface area contributed by atoms with Crippen LogP contribution in [0.4, 0.5) is 11.4 Å². The molecule has 1 fully saturated rings. The van der Waals surface area contributed by atoms with Crippen LogP contribution in [-0.4, -0.2) is 22.8 Å². The highest BCUT2D eigenvalue weighted by atomic mass is 35.5. The van der Waals surface area contributed by atoms with Gasteiger partial charge < -0.3 is 16.4 Å². The summed E-state index contributed by atoms with van der Waals surface area (Å²) in [6.45, 7) is 0. The van der Waals surface area contributed by atoms with Gasteiger partial charge in [-0.15, -0.1) is 24.8 Å². The molecule has 2 aromatic rings. The summed E-state index contributed by atoms with van der Waals surface area (Å²) in [4.78, 5) is 28.4. The van der Waals surface area contributed by atoms with Gasteiger partial charge >= 0.3 is 0 Å². The molecule has 0 unspecified atom stereocenters. The van der Waals surface area contributed by atoms with Crippen LogP contribution in [0.5, 0.6) is 0 Å². The molecule has 3 rings (SSSR count). The van der Waals surface area contributed by atoms with E-state index in [2.05, 4.69) is 15.6 Å². The fourth-order valence-corrected chi connectivity index (χ4v) is 3.45. The van der Waals surface area contributed by atoms with Crippen LogP contribution < -0.4 is 16.4 Å². The van der Waals surface area contributed by atoms with Crippen molar-refractivity contribution in [1.82, 2.24) is 4.98 Å². The van der Waals surface area contributed by atoms with E-state index in [1.165, 1.54) is 0 Å². The maximum absolute atomic E-state index is 12.3. The zero-order valence-corrected chi connectivity index (χ0v) is 17.4. The molecule has 1 aromatic carbocycles. The Kier molecular flexibility index (Phi) is 9.69. The van der Waals surface area contributed by atoms with Crippen molar-refractivity contribution < 1.29 is 9.59 Å². The molecule has 9 heteroatoms. The summed E-state index contributed by atoms with van der Waals surface area (Å²) in [5, 5.41) is 5.82. The lowest BCUT2D eigenvalue weighted by Crippen LogP contribution is -2.28. The molecule has 152 valence electrons. The number of aromatic nitrogens is 1. The third-order valence-corrected chi connectivity index (χ3v) is 4.90. The van der Waals surface area contributed by atoms with Crippen LogP contribution in [0.1, 0.15) is 36.0 Å². The maximum atomic E-state index is 12.3. The maximum Gasteiger partial charge on any atom is 0.257 e. The predicted molar refractivity (Wildman–Crippen MR) is 117 cm³/mol. The third-order valence-electron chi connectivity index (χ3n) is 4.58. The van der Waals surface area contributed by atoms with Gasteiger partial charge in [0.2, 0.25) is 5.91 Å². The van der Waals surface area contributed by atoms with E-state index >= 15 is 0 Å². The highest BCUT2D eigenvalue weighted by Gasteiger charge is 2.26. The van der Waals surface area contributed by atoms with E-state index in [-0.39, 0.29) is 53.6 Å². The van der Waals surface area contributed by atoms with Gasteiger partial charge in [-0.2, -0.15) is 0 Å². The van der Waals surface area contributed by atoms with Crippen molar-refractivity contribution in [3.63, 3.8) is 0 Å². The first-order chi connectivity index (χ1) is 12.5. The van der Waals surface area contributed by atoms with Crippen LogP contribution in [0.25, 0.3) is 0 Å². The van der Waals surface area contributed by atoms with Crippen LogP contribution >= 0.6 is 36.4 Å². The molecule has 0 bridgehead atoms. The number of pyridine rings is 1. The van der Waals surface area contributed by atoms with Crippen LogP contribution in [-0.2, 0) is 4.79 Å². The van der Waals surface area contributed by atoms with Gasteiger partial charge in [-0.1, -0.05) is 18.0 Å². The number of carbonyl (C=O) groups excluding carboxylic acids is 2. The normalized spacial score (nSPS) is 17.8. The largest absolute Gasteiger partial charge is 0.327 e. The lowest BCUT2D eigenvalue weighted by Gasteiger charge is -2.15. The van der Waals surface area contributed by atoms with Crippen molar-refractivity contribution in [1.29, 1.82) is 0 Å². The first-order valence-corrected chi connectivity index (χ1v) is 8.97. The lowest BCUT2D eigenvalue weighted by molar-refractivity contribution is -0.117. The van der Waals surface area contributed by atoms with E-state index in [1.807, 2.05) is 0 Å². The molecule has 1 saturated carbocycles. The number of hydrogen-bond acceptors (Lipinski definition) is 4. The van der Waals surface area contributed by atoms with Gasteiger partial charge in [0.1, 0.15) is 0 Å². The number of anilines is 2. The Labute approximate surface area is 181 Å². The number of nitrogens with zero attached hydrogens (tertiary/aromatic N) is 1. The van der Waals surface area contributed by atoms with E-state index in [0.29, 0.717) is 23.4 Å². The highest BCUT2D eigenvalue weighted by molar-refractivity contribution is 6.34. The average molecular weight is 446 g/mol. The Morgan fingerprint density at radius 3 is 2.54 bits per heavy atom. The highest BCUT2D eigenvalue weighted by Crippen LogP contribution is 2.28. The summed E-state index contributed by atoms with van der Waals surface area (Å²) >= 11 is 6.22. The van der Waals surface area contributed by atoms with Gasteiger partial charge in [-0.3, -0.25) is 14.6 Å². The number of amides is 2. The van der Waals surface area contributed by atoms with Crippen molar-refractivity contribution in [2.24, 2.45) is 11.7 Å². The van der Waals surface area contributed by atoms with Crippen LogP contribution in [0.3, 0.4) is 0 Å². The molecule has 1 aliphatic rings. The Bertz CT molecular complexity index is 805. The molecule has 1 aliphatic carbocycles. The van der Waals surface area contributed by atoms with Gasteiger partial charge in [0.25, 0.3) is 5.91 Å². The van der Waals surface area contributed by atoms with Gasteiger partial charge in [0, 0.05) is 24.3 Å². The molecule has 2 amide bonds. The van der Waals surface area contributed by atoms with E-state index in [4.69, 9.17) is 17.3 Å². The molecule has 2 atom stereocenters. The van der Waals surface area contributed by atoms with E-state index in [1.54, 1.807) is 42.7 Å². The second kappa shape index (κ2) is 11.2. The number of halogens is 3. The number of rotatable bonds is 5. The molecular formula is C19H23Cl3N4O2. The SMILES string of the molecule is Cl.Cl.N[C@@H]1CCC[C@H]1CC(=O)Nc1ccc(C(=O)Nc2cccnc2)c(Cl)c1. The lowest BCUT2D eigenvalue weighted by atomic mass is 10.00. The van der Waals surface area contributed by atoms with E-state index in [0.717, 1.165) is 19.3 Å². The zero-order valence-electron chi connectivity index (χ0n) is 15.1. The predicted octanol–water partition coefficient (Wildman–Crippen LogP) is 4.29. The van der Waals surface area contributed by atoms with Gasteiger partial charge in [-0.05, 0) is 49.1 Å². The summed E-state index contributed by atoms with van der Waals surface area (Å²) in [5.41, 5.74) is 7.48. The molecule has 1 aromatic heterocycles. The van der Waals surface area contributed by atoms with Crippen molar-refractivity contribution in [3.8, 4) is 0 Å². The number of nitrogens with two attached hydrogens (primary N) is 1. The van der Waals surface area contributed by atoms with Gasteiger partial charge in [0.05, 0.1) is 22.5 Å². The number of nitrogens with one attached hydrogen (secondary N) is 2. The molecule has 0 spiro atoms. The fourth-order valence-electron chi connectivity index (χ4n) is 3.18. The molecule has 28 heavy (non-hydrogen) atoms. The Morgan fingerprint density at radius 2 is 1.93 bits per heavy atom. The summed E-state index contributed by atoms with van der Waals surface area (Å²) in [5.74, 6) is -0.191. The summed E-state index contributed by atoms with van der Waals surface area (Å²) in [6.07, 6.45) is 6.62. The number of hydrogen-bond donors (Lipinski definition) is 3. The van der Waals surface area contributed by atoms with Crippen molar-refractivity contribution in [2.45, 2.75) is 31.7 Å². The molecule has 6 nitrogen and oxygen atoms in total. The minimum absolute atomic E-state index is 0. The Morgan fingerprint density at radius 1 is 1.14 bits per heavy atom. The summed E-state index contributed by atoms with van der Waals surface area (Å²) < 4.78 is 0. The second-order valence-electron chi connectivity index (χ2n) is 6.50. The Balaban J connectivity index is 0.00000196. The average Bonchev–Trinajstić information content (AvgIpc) is 3.00. The summed E-state index contributed by atoms with van der Waals surface area (Å²) in [7, 11) is 0. The van der Waals surface area contributed by atoms with Crippen molar-refractivity contribution in [3.05, 3.63) is 53.3 Å². The molecule has 0 saturated heterocycles. The molecule has 0 radical (unpaired) electrons. The molecule has 1 heterocycles. The van der Waals surface area contributed by atoms with Crippen molar-refractivity contribution in [2.75, 3.05) is 10.6 Å². The second-order valence-corrected chi connectivity index (χ2v) is 6.90. The third kappa shape index (κ3) is 6.34. The van der Waals surface area contributed by atoms with E-state index < -0.39 is 0 Å². The topological polar surface area (TPSA) is 97.1 Å². The first-order valence-electron chi connectivity index (χ1n) is 8.59. The minimum atomic E-state index is -0.335. The number of carbonyl (C=O) groups is 2. The monoisotopic (exact) mass is 444 g/mol. The minimum Gasteiger partial charge on any atom is -0.327 e.